The van der Waals surface area contributed by atoms with Crippen LogP contribution in [0.2, 0.25) is 0 Å². The van der Waals surface area contributed by atoms with Crippen molar-refractivity contribution in [1.82, 2.24) is 4.98 Å². The van der Waals surface area contributed by atoms with Gasteiger partial charge in [0.25, 0.3) is 11.6 Å². The summed E-state index contributed by atoms with van der Waals surface area (Å²) in [5.41, 5.74) is -1.18. The fourth-order valence-corrected chi connectivity index (χ4v) is 7.87. The van der Waals surface area contributed by atoms with Crippen molar-refractivity contribution >= 4 is 57.9 Å². The van der Waals surface area contributed by atoms with E-state index in [1.807, 2.05) is 0 Å². The number of halogens is 3. The summed E-state index contributed by atoms with van der Waals surface area (Å²) in [5, 5.41) is 12.7. The number of ether oxygens (including phenoxy) is 1. The molecule has 2 aliphatic heterocycles. The number of aromatic amines is 1. The number of hydrogen-bond donors (Lipinski definition) is 2. The van der Waals surface area contributed by atoms with Crippen molar-refractivity contribution < 1.29 is 37.2 Å². The minimum Gasteiger partial charge on any atom is -0.483 e. The monoisotopic (exact) mass is 656 g/mol. The second kappa shape index (κ2) is 11.5. The van der Waals surface area contributed by atoms with E-state index in [4.69, 9.17) is 4.74 Å². The van der Waals surface area contributed by atoms with Crippen LogP contribution in [0.15, 0.2) is 82.6 Å². The van der Waals surface area contributed by atoms with E-state index in [1.54, 1.807) is 18.2 Å². The first-order valence-electron chi connectivity index (χ1n) is 13.1. The first-order chi connectivity index (χ1) is 21.4. The van der Waals surface area contributed by atoms with Crippen LogP contribution in [0, 0.1) is 16.0 Å². The molecule has 0 aliphatic carbocycles. The van der Waals surface area contributed by atoms with E-state index in [2.05, 4.69) is 10.3 Å². The molecule has 2 N–H and O–H groups in total. The van der Waals surface area contributed by atoms with Crippen molar-refractivity contribution in [2.75, 3.05) is 16.8 Å². The van der Waals surface area contributed by atoms with Crippen LogP contribution >= 0.6 is 23.1 Å². The van der Waals surface area contributed by atoms with Crippen LogP contribution in [0.5, 0.6) is 5.75 Å². The number of nitro groups is 1. The zero-order valence-electron chi connectivity index (χ0n) is 22.6. The van der Waals surface area contributed by atoms with Crippen LogP contribution in [-0.2, 0) is 20.6 Å². The number of para-hydroxylation sites is 2. The Morgan fingerprint density at radius 3 is 2.40 bits per heavy atom. The Morgan fingerprint density at radius 2 is 1.69 bits per heavy atom. The topological polar surface area (TPSA) is 152 Å². The number of benzene rings is 3. The molecular formula is C29H19F3N4O7S2. The first kappa shape index (κ1) is 30.1. The number of carbonyl (C=O) groups excluding carboxylic acids is 3. The molecule has 0 bridgehead atoms. The van der Waals surface area contributed by atoms with E-state index in [0.29, 0.717) is 15.5 Å². The van der Waals surface area contributed by atoms with Crippen molar-refractivity contribution in [2.24, 2.45) is 5.92 Å². The molecule has 2 unspecified atom stereocenters. The largest absolute Gasteiger partial charge is 0.483 e. The normalized spacial score (nSPS) is 19.2. The Labute approximate surface area is 259 Å². The lowest BCUT2D eigenvalue weighted by atomic mass is 9.82. The van der Waals surface area contributed by atoms with Gasteiger partial charge in [-0.2, -0.15) is 13.2 Å². The molecule has 3 amide bonds. The van der Waals surface area contributed by atoms with Gasteiger partial charge in [0, 0.05) is 28.5 Å². The highest BCUT2D eigenvalue weighted by Gasteiger charge is 2.56. The molecule has 3 atom stereocenters. The van der Waals surface area contributed by atoms with Crippen molar-refractivity contribution in [3.63, 3.8) is 0 Å². The highest BCUT2D eigenvalue weighted by Crippen LogP contribution is 2.54. The number of carbonyl (C=O) groups is 3. The molecule has 16 heteroatoms. The van der Waals surface area contributed by atoms with Crippen LogP contribution in [-0.4, -0.2) is 39.5 Å². The summed E-state index contributed by atoms with van der Waals surface area (Å²) in [6, 6.07) is 15.8. The maximum absolute atomic E-state index is 13.9. The van der Waals surface area contributed by atoms with E-state index in [1.165, 1.54) is 42.5 Å². The first-order valence-corrected chi connectivity index (χ1v) is 14.8. The second-order valence-corrected chi connectivity index (χ2v) is 12.1. The van der Waals surface area contributed by atoms with Gasteiger partial charge in [-0.25, -0.2) is 4.90 Å². The average Bonchev–Trinajstić information content (AvgIpc) is 3.50. The number of H-pyrrole nitrogens is 1. The highest BCUT2D eigenvalue weighted by molar-refractivity contribution is 8.00. The number of fused-ring (bicyclic) bond motifs is 2. The van der Waals surface area contributed by atoms with Crippen molar-refractivity contribution in [3.8, 4) is 5.75 Å². The number of nitrogens with zero attached hydrogens (tertiary/aromatic N) is 2. The summed E-state index contributed by atoms with van der Waals surface area (Å²) in [6.45, 7) is -0.684. The van der Waals surface area contributed by atoms with Gasteiger partial charge in [-0.3, -0.25) is 29.3 Å². The minimum absolute atomic E-state index is 0.119. The molecule has 45 heavy (non-hydrogen) atoms. The number of nitrogens with one attached hydrogen (secondary N) is 2. The third-order valence-corrected chi connectivity index (χ3v) is 9.66. The van der Waals surface area contributed by atoms with Gasteiger partial charge in [0.05, 0.1) is 32.8 Å². The van der Waals surface area contributed by atoms with E-state index >= 15 is 0 Å². The summed E-state index contributed by atoms with van der Waals surface area (Å²) in [5.74, 6) is -3.82. The van der Waals surface area contributed by atoms with Crippen molar-refractivity contribution in [2.45, 2.75) is 22.4 Å². The number of amides is 3. The molecule has 3 heterocycles. The van der Waals surface area contributed by atoms with Crippen LogP contribution in [0.1, 0.15) is 21.9 Å². The molecule has 230 valence electrons. The summed E-state index contributed by atoms with van der Waals surface area (Å²) >= 11 is 1.89. The Morgan fingerprint density at radius 1 is 1.00 bits per heavy atom. The summed E-state index contributed by atoms with van der Waals surface area (Å²) in [7, 11) is 0. The molecule has 4 aromatic rings. The van der Waals surface area contributed by atoms with E-state index < -0.39 is 68.6 Å². The number of thioether (sulfide) groups is 1. The molecule has 2 aliphatic rings. The van der Waals surface area contributed by atoms with Gasteiger partial charge in [-0.05, 0) is 30.3 Å². The molecule has 6 rings (SSSR count). The number of hydrogen-bond acceptors (Lipinski definition) is 9. The van der Waals surface area contributed by atoms with Gasteiger partial charge in [0.1, 0.15) is 11.0 Å². The Hall–Kier alpha value is -4.96. The van der Waals surface area contributed by atoms with Crippen LogP contribution in [0.25, 0.3) is 0 Å². The summed E-state index contributed by atoms with van der Waals surface area (Å²) < 4.78 is 46.0. The molecule has 0 radical (unpaired) electrons. The molecule has 0 spiro atoms. The average molecular weight is 657 g/mol. The van der Waals surface area contributed by atoms with Crippen molar-refractivity contribution in [1.29, 1.82) is 0 Å². The number of alkyl halides is 3. The Bertz CT molecular complexity index is 1910. The van der Waals surface area contributed by atoms with Gasteiger partial charge in [-0.1, -0.05) is 53.4 Å². The summed E-state index contributed by atoms with van der Waals surface area (Å²) in [6.07, 6.45) is -4.70. The molecule has 1 fully saturated rings. The van der Waals surface area contributed by atoms with Crippen LogP contribution in [0.4, 0.5) is 30.2 Å². The maximum Gasteiger partial charge on any atom is 0.418 e. The summed E-state index contributed by atoms with van der Waals surface area (Å²) in [4.78, 5) is 66.9. The van der Waals surface area contributed by atoms with E-state index in [0.717, 1.165) is 40.1 Å². The number of aromatic nitrogens is 1. The minimum atomic E-state index is -4.70. The van der Waals surface area contributed by atoms with Crippen LogP contribution < -0.4 is 19.8 Å². The van der Waals surface area contributed by atoms with Gasteiger partial charge in [-0.15, -0.1) is 0 Å². The number of non-ortho nitro benzene ring substituents is 1. The molecule has 11 nitrogen and oxygen atoms in total. The molecule has 1 saturated heterocycles. The Balaban J connectivity index is 1.31. The smallest absolute Gasteiger partial charge is 0.418 e. The quantitative estimate of drug-likeness (QED) is 0.157. The third kappa shape index (κ3) is 5.57. The highest BCUT2D eigenvalue weighted by atomic mass is 32.2. The fraction of sp³-hybridized carbons (Fsp3) is 0.172. The molecule has 3 aromatic carbocycles. The predicted octanol–water partition coefficient (Wildman–Crippen LogP) is 5.18. The van der Waals surface area contributed by atoms with Crippen molar-refractivity contribution in [3.05, 3.63) is 109 Å². The van der Waals surface area contributed by atoms with E-state index in [-0.39, 0.29) is 17.1 Å². The standard InChI is InChI=1S/C29H19F3N4O7S2/c30-29(31,32)17-6-2-3-7-18(17)33-20(37)13-43-19-8-4-1-5-16(19)21-22-24(44-25-23(21)45-28(40)34-25)27(39)35(26(22)38)14-9-11-15(12-10-14)36(41)42/h1-12,21-22,24H,13H2,(H,33,37)(H,34,40)/t21-,22?,24?/m1/s1. The lowest BCUT2D eigenvalue weighted by Gasteiger charge is -2.30. The lowest BCUT2D eigenvalue weighted by Crippen LogP contribution is -2.32. The number of nitro benzene ring substituents is 1. The van der Waals surface area contributed by atoms with Gasteiger partial charge in [0.2, 0.25) is 11.8 Å². The van der Waals surface area contributed by atoms with Gasteiger partial charge in [0.15, 0.2) is 6.61 Å². The maximum atomic E-state index is 13.9. The number of anilines is 2. The van der Waals surface area contributed by atoms with Gasteiger partial charge >= 0.3 is 11.0 Å². The predicted molar refractivity (Wildman–Crippen MR) is 158 cm³/mol. The second-order valence-electron chi connectivity index (χ2n) is 9.95. The molecule has 0 saturated carbocycles. The third-order valence-electron chi connectivity index (χ3n) is 7.26. The van der Waals surface area contributed by atoms with Crippen LogP contribution in [0.3, 0.4) is 0 Å². The lowest BCUT2D eigenvalue weighted by molar-refractivity contribution is -0.384. The SMILES string of the molecule is O=C(COc1ccccc1[C@H]1c2sc(=O)[nH]c2SC2C(=O)N(c3ccc([N+](=O)[O-])cc3)C(=O)C21)Nc1ccccc1C(F)(F)F. The fourth-order valence-electron chi connectivity index (χ4n) is 5.37. The number of thiazole rings is 1. The molecule has 1 aromatic heterocycles. The molecular weight excluding hydrogens is 637 g/mol. The van der Waals surface area contributed by atoms with E-state index in [9.17, 15) is 42.5 Å². The zero-order valence-corrected chi connectivity index (χ0v) is 24.2. The zero-order chi connectivity index (χ0) is 32.0. The Kier molecular flexibility index (Phi) is 7.70. The van der Waals surface area contributed by atoms with Gasteiger partial charge < -0.3 is 15.0 Å². The number of rotatable bonds is 7. The number of imide groups is 1.